The molecule has 3 N–H and O–H groups in total. The van der Waals surface area contributed by atoms with E-state index in [2.05, 4.69) is 45.9 Å². The summed E-state index contributed by atoms with van der Waals surface area (Å²) in [6.07, 6.45) is 6.95. The number of aromatic amines is 1. The molecular weight excluding hydrogens is 303 g/mol. The molecule has 1 atom stereocenters. The molecular formula is C10H13IN4. The van der Waals surface area contributed by atoms with Crippen LogP contribution >= 0.6 is 22.9 Å². The third kappa shape index (κ3) is 2.01. The number of hydrogen-bond donors (Lipinski definition) is 2. The molecule has 2 heterocycles. The average molecular weight is 316 g/mol. The molecule has 0 fully saturated rings. The van der Waals surface area contributed by atoms with Crippen LogP contribution in [0.15, 0.2) is 23.1 Å². The van der Waals surface area contributed by atoms with E-state index in [0.717, 1.165) is 12.0 Å². The van der Waals surface area contributed by atoms with Gasteiger partial charge in [-0.05, 0) is 18.6 Å². The van der Waals surface area contributed by atoms with Gasteiger partial charge in [0.05, 0.1) is 28.6 Å². The highest BCUT2D eigenvalue weighted by Gasteiger charge is 2.21. The number of hydrogen-bond acceptors (Lipinski definition) is 3. The Hall–Kier alpha value is -0.980. The van der Waals surface area contributed by atoms with Crippen LogP contribution in [0, 0.1) is 5.92 Å². The van der Waals surface area contributed by atoms with Gasteiger partial charge in [0.2, 0.25) is 0 Å². The van der Waals surface area contributed by atoms with Crippen LogP contribution in [-0.4, -0.2) is 14.4 Å². The van der Waals surface area contributed by atoms with E-state index in [1.807, 2.05) is 21.7 Å². The number of nitrogen functional groups attached to an aromatic ring is 1. The summed E-state index contributed by atoms with van der Waals surface area (Å²) in [6, 6.07) is 1.97. The molecule has 1 aliphatic heterocycles. The largest absolute Gasteiger partial charge is 0.385 e. The highest BCUT2D eigenvalue weighted by molar-refractivity contribution is 14.1. The summed E-state index contributed by atoms with van der Waals surface area (Å²) in [5, 5.41) is 4.26. The molecule has 1 aromatic rings. The van der Waals surface area contributed by atoms with Crippen LogP contribution in [0.25, 0.3) is 6.08 Å². The average Bonchev–Trinajstić information content (AvgIpc) is 2.77. The number of anilines is 1. The summed E-state index contributed by atoms with van der Waals surface area (Å²) in [4.78, 5) is 2.96. The van der Waals surface area contributed by atoms with Crippen LogP contribution < -0.4 is 5.73 Å². The van der Waals surface area contributed by atoms with Gasteiger partial charge in [-0.1, -0.05) is 6.92 Å². The van der Waals surface area contributed by atoms with E-state index in [0.29, 0.717) is 11.7 Å². The lowest BCUT2D eigenvalue weighted by molar-refractivity contribution is 0.635. The van der Waals surface area contributed by atoms with Gasteiger partial charge in [0.1, 0.15) is 5.82 Å². The molecule has 5 heteroatoms. The van der Waals surface area contributed by atoms with E-state index in [1.54, 1.807) is 0 Å². The SMILES string of the molecule is CCC1C=NN(I)/C1=C/c1cc[nH]c1N. The van der Waals surface area contributed by atoms with Gasteiger partial charge in [0, 0.05) is 23.9 Å². The first-order valence-corrected chi connectivity index (χ1v) is 5.83. The van der Waals surface area contributed by atoms with Gasteiger partial charge in [-0.25, -0.2) is 3.22 Å². The quantitative estimate of drug-likeness (QED) is 0.651. The Kier molecular flexibility index (Phi) is 2.99. The van der Waals surface area contributed by atoms with Crippen LogP contribution in [0.3, 0.4) is 0 Å². The maximum Gasteiger partial charge on any atom is 0.108 e. The third-order valence-corrected chi connectivity index (χ3v) is 3.30. The van der Waals surface area contributed by atoms with Crippen LogP contribution in [0.1, 0.15) is 18.9 Å². The summed E-state index contributed by atoms with van der Waals surface area (Å²) >= 11 is 2.19. The van der Waals surface area contributed by atoms with Crippen molar-refractivity contribution in [1.82, 2.24) is 8.21 Å². The summed E-state index contributed by atoms with van der Waals surface area (Å²) < 4.78 is 1.87. The number of H-pyrrole nitrogens is 1. The Morgan fingerprint density at radius 3 is 3.13 bits per heavy atom. The molecule has 0 bridgehead atoms. The van der Waals surface area contributed by atoms with E-state index in [4.69, 9.17) is 5.73 Å². The molecule has 0 amide bonds. The molecule has 80 valence electrons. The van der Waals surface area contributed by atoms with Gasteiger partial charge >= 0.3 is 0 Å². The maximum absolute atomic E-state index is 5.79. The van der Waals surface area contributed by atoms with Crippen LogP contribution in [-0.2, 0) is 0 Å². The van der Waals surface area contributed by atoms with Crippen molar-refractivity contribution >= 4 is 41.0 Å². The zero-order valence-electron chi connectivity index (χ0n) is 8.44. The van der Waals surface area contributed by atoms with E-state index >= 15 is 0 Å². The summed E-state index contributed by atoms with van der Waals surface area (Å²) in [6.45, 7) is 2.15. The van der Waals surface area contributed by atoms with Crippen molar-refractivity contribution in [3.05, 3.63) is 23.5 Å². The van der Waals surface area contributed by atoms with Crippen molar-refractivity contribution in [1.29, 1.82) is 0 Å². The molecule has 0 saturated heterocycles. The molecule has 0 aliphatic carbocycles. The normalized spacial score (nSPS) is 22.9. The van der Waals surface area contributed by atoms with Gasteiger partial charge in [-0.3, -0.25) is 0 Å². The zero-order chi connectivity index (χ0) is 10.8. The number of aromatic nitrogens is 1. The Balaban J connectivity index is 2.30. The molecule has 4 nitrogen and oxygen atoms in total. The standard InChI is InChI=1S/C10H13IN4/c1-2-7-6-14-15(11)9(7)5-8-3-4-13-10(8)12/h3-7,13H,2,12H2,1H3/b9-5+. The van der Waals surface area contributed by atoms with Crippen molar-refractivity contribution in [2.24, 2.45) is 11.0 Å². The van der Waals surface area contributed by atoms with Gasteiger partial charge in [0.25, 0.3) is 0 Å². The van der Waals surface area contributed by atoms with Gasteiger partial charge < -0.3 is 10.7 Å². The van der Waals surface area contributed by atoms with Crippen molar-refractivity contribution in [3.8, 4) is 0 Å². The van der Waals surface area contributed by atoms with Crippen LogP contribution in [0.4, 0.5) is 5.82 Å². The van der Waals surface area contributed by atoms with E-state index < -0.39 is 0 Å². The lowest BCUT2D eigenvalue weighted by Crippen LogP contribution is -2.05. The second-order valence-corrected chi connectivity index (χ2v) is 4.37. The van der Waals surface area contributed by atoms with Crippen LogP contribution in [0.5, 0.6) is 0 Å². The minimum atomic E-state index is 0.399. The Labute approximate surface area is 103 Å². The molecule has 0 aromatic carbocycles. The highest BCUT2D eigenvalue weighted by atomic mass is 127. The lowest BCUT2D eigenvalue weighted by Gasteiger charge is -2.11. The third-order valence-electron chi connectivity index (χ3n) is 2.50. The highest BCUT2D eigenvalue weighted by Crippen LogP contribution is 2.30. The second kappa shape index (κ2) is 4.26. The smallest absolute Gasteiger partial charge is 0.108 e. The zero-order valence-corrected chi connectivity index (χ0v) is 10.6. The number of allylic oxidation sites excluding steroid dienone is 1. The predicted octanol–water partition coefficient (Wildman–Crippen LogP) is 2.62. The molecule has 2 rings (SSSR count). The van der Waals surface area contributed by atoms with Crippen molar-refractivity contribution in [3.63, 3.8) is 0 Å². The molecule has 1 aromatic heterocycles. The first kappa shape index (κ1) is 10.5. The summed E-state index contributed by atoms with van der Waals surface area (Å²) in [7, 11) is 0. The number of halogens is 1. The fraction of sp³-hybridized carbons (Fsp3) is 0.300. The van der Waals surface area contributed by atoms with Crippen molar-refractivity contribution in [2.45, 2.75) is 13.3 Å². The van der Waals surface area contributed by atoms with Gasteiger partial charge in [-0.15, -0.1) is 0 Å². The lowest BCUT2D eigenvalue weighted by atomic mass is 10.0. The minimum Gasteiger partial charge on any atom is -0.385 e. The number of hydrazone groups is 1. The van der Waals surface area contributed by atoms with Crippen molar-refractivity contribution in [2.75, 3.05) is 5.73 Å². The van der Waals surface area contributed by atoms with E-state index in [-0.39, 0.29) is 0 Å². The fourth-order valence-corrected chi connectivity index (χ4v) is 2.21. The van der Waals surface area contributed by atoms with E-state index in [9.17, 15) is 0 Å². The molecule has 1 unspecified atom stereocenters. The topological polar surface area (TPSA) is 57.4 Å². The first-order valence-electron chi connectivity index (χ1n) is 4.86. The fourth-order valence-electron chi connectivity index (χ4n) is 1.57. The Bertz CT molecular complexity index is 407. The molecule has 1 aliphatic rings. The summed E-state index contributed by atoms with van der Waals surface area (Å²) in [5.41, 5.74) is 8.00. The van der Waals surface area contributed by atoms with E-state index in [1.165, 1.54) is 5.70 Å². The number of rotatable bonds is 2. The molecule has 15 heavy (non-hydrogen) atoms. The number of nitrogens with one attached hydrogen (secondary N) is 1. The number of nitrogens with two attached hydrogens (primary N) is 1. The molecule has 0 spiro atoms. The Morgan fingerprint density at radius 2 is 2.53 bits per heavy atom. The second-order valence-electron chi connectivity index (χ2n) is 3.46. The summed E-state index contributed by atoms with van der Waals surface area (Å²) in [5.74, 6) is 1.10. The molecule has 0 saturated carbocycles. The van der Waals surface area contributed by atoms with Gasteiger partial charge in [0.15, 0.2) is 0 Å². The predicted molar refractivity (Wildman–Crippen MR) is 71.3 cm³/mol. The maximum atomic E-state index is 5.79. The number of nitrogens with zero attached hydrogens (tertiary/aromatic N) is 2. The van der Waals surface area contributed by atoms with Crippen LogP contribution in [0.2, 0.25) is 0 Å². The first-order chi connectivity index (χ1) is 7.22. The van der Waals surface area contributed by atoms with Gasteiger partial charge in [-0.2, -0.15) is 5.10 Å². The molecule has 0 radical (unpaired) electrons. The minimum absolute atomic E-state index is 0.399. The Morgan fingerprint density at radius 1 is 1.73 bits per heavy atom. The monoisotopic (exact) mass is 316 g/mol. The van der Waals surface area contributed by atoms with Crippen molar-refractivity contribution < 1.29 is 0 Å².